The molecule has 2 unspecified atom stereocenters. The maximum absolute atomic E-state index is 12.5. The molecule has 1 saturated heterocycles. The Morgan fingerprint density at radius 1 is 0.360 bits per heavy atom. The monoisotopic (exact) mass is 720 g/mol. The van der Waals surface area contributed by atoms with Crippen LogP contribution in [-0.4, -0.2) is 128 Å². The average molecular weight is 721 g/mol. The summed E-state index contributed by atoms with van der Waals surface area (Å²) in [6.45, 7) is 8.17. The molecule has 1 heterocycles. The predicted octanol–water partition coefficient (Wildman–Crippen LogP) is -0.873. The summed E-state index contributed by atoms with van der Waals surface area (Å²) in [7, 11) is 0. The molecule has 11 atom stereocenters. The Morgan fingerprint density at radius 3 is 0.920 bits per heavy atom. The van der Waals surface area contributed by atoms with E-state index in [0.717, 1.165) is 62.3 Å². The fourth-order valence-corrected chi connectivity index (χ4v) is 5.36. The van der Waals surface area contributed by atoms with Gasteiger partial charge in [-0.15, -0.1) is 0 Å². The molecular formula is C30H40O20. The molecule has 2 rings (SSSR count). The van der Waals surface area contributed by atoms with Crippen molar-refractivity contribution in [2.75, 3.05) is 6.61 Å². The van der Waals surface area contributed by atoms with Gasteiger partial charge in [-0.1, -0.05) is 0 Å². The van der Waals surface area contributed by atoms with E-state index in [9.17, 15) is 43.2 Å². The van der Waals surface area contributed by atoms with Gasteiger partial charge in [0.2, 0.25) is 0 Å². The van der Waals surface area contributed by atoms with Gasteiger partial charge in [0.15, 0.2) is 55.1 Å². The lowest BCUT2D eigenvalue weighted by molar-refractivity contribution is -0.343. The summed E-state index contributed by atoms with van der Waals surface area (Å²) in [5.74, 6) is -8.68. The van der Waals surface area contributed by atoms with E-state index >= 15 is 0 Å². The van der Waals surface area contributed by atoms with Crippen LogP contribution in [0.3, 0.4) is 0 Å². The smallest absolute Gasteiger partial charge is 0.303 e. The molecule has 0 aromatic heterocycles. The molecule has 0 amide bonds. The number of carbonyl (C=O) groups is 9. The highest BCUT2D eigenvalue weighted by atomic mass is 16.8. The Balaban J connectivity index is 2.89. The van der Waals surface area contributed by atoms with Crippen LogP contribution >= 0.6 is 0 Å². The number of rotatable bonds is 12. The third kappa shape index (κ3) is 11.9. The van der Waals surface area contributed by atoms with Gasteiger partial charge in [0, 0.05) is 62.3 Å². The van der Waals surface area contributed by atoms with Gasteiger partial charge < -0.3 is 52.1 Å². The third-order valence-electron chi connectivity index (χ3n) is 6.69. The Bertz CT molecular complexity index is 1280. The van der Waals surface area contributed by atoms with Crippen molar-refractivity contribution in [3.8, 4) is 0 Å². The van der Waals surface area contributed by atoms with Crippen molar-refractivity contribution < 1.29 is 95.3 Å². The molecule has 50 heavy (non-hydrogen) atoms. The minimum atomic E-state index is -1.96. The van der Waals surface area contributed by atoms with Gasteiger partial charge >= 0.3 is 53.7 Å². The Labute approximate surface area is 285 Å². The van der Waals surface area contributed by atoms with Gasteiger partial charge in [0.05, 0.1) is 0 Å². The standard InChI is InChI=1S/C30H40O20/c1-11(31)40-10-20-21(41-12(2)32)22(42-13(3)33)29(48-19(9)39)30(49-20)50-28-26(46-17(7)37)24(44-15(5)35)23(43-14(4)34)25(45-16(6)36)27(28)47-18(8)38/h20-30H,10H2,1-9H3/t20-,21-,22+,23?,24-,25+,26+,27-,28?,29-,30+/m0/s1. The van der Waals surface area contributed by atoms with Crippen molar-refractivity contribution in [2.24, 2.45) is 0 Å². The molecule has 20 nitrogen and oxygen atoms in total. The summed E-state index contributed by atoms with van der Waals surface area (Å²) in [5.41, 5.74) is 0. The molecule has 0 aromatic carbocycles. The zero-order valence-electron chi connectivity index (χ0n) is 28.7. The van der Waals surface area contributed by atoms with Gasteiger partial charge in [-0.25, -0.2) is 0 Å². The Kier molecular flexibility index (Phi) is 15.1. The highest BCUT2D eigenvalue weighted by molar-refractivity contribution is 5.71. The lowest BCUT2D eigenvalue weighted by Crippen LogP contribution is -2.70. The molecule has 1 aliphatic heterocycles. The topological polar surface area (TPSA) is 255 Å². The van der Waals surface area contributed by atoms with E-state index in [0.29, 0.717) is 0 Å². The van der Waals surface area contributed by atoms with Crippen molar-refractivity contribution >= 4 is 53.7 Å². The molecule has 0 aromatic rings. The first kappa shape index (κ1) is 41.3. The molecule has 280 valence electrons. The van der Waals surface area contributed by atoms with Crippen molar-refractivity contribution in [1.29, 1.82) is 0 Å². The fourth-order valence-electron chi connectivity index (χ4n) is 5.36. The van der Waals surface area contributed by atoms with E-state index in [1.165, 1.54) is 0 Å². The Morgan fingerprint density at radius 2 is 0.620 bits per heavy atom. The van der Waals surface area contributed by atoms with E-state index in [-0.39, 0.29) is 0 Å². The van der Waals surface area contributed by atoms with Crippen molar-refractivity contribution in [2.45, 2.75) is 130 Å². The number of hydrogen-bond acceptors (Lipinski definition) is 20. The molecule has 2 fully saturated rings. The second kappa shape index (κ2) is 18.2. The molecular weight excluding hydrogens is 680 g/mol. The highest BCUT2D eigenvalue weighted by Gasteiger charge is 2.62. The van der Waals surface area contributed by atoms with E-state index in [2.05, 4.69) is 0 Å². The number of carbonyl (C=O) groups excluding carboxylic acids is 9. The van der Waals surface area contributed by atoms with Crippen LogP contribution in [0.2, 0.25) is 0 Å². The SMILES string of the molecule is CC(=O)OC[C@@H]1O[C@H](OC2[C@@H](OC(C)=O)[C@H](OC(C)=O)C(OC(C)=O)[C@H](OC(C)=O)[C@H]2OC(C)=O)[C@@H](OC(C)=O)[C@H](OC(C)=O)[C@H]1OC(C)=O. The molecule has 1 aliphatic carbocycles. The van der Waals surface area contributed by atoms with Crippen LogP contribution < -0.4 is 0 Å². The quantitative estimate of drug-likeness (QED) is 0.175. The number of ether oxygens (including phenoxy) is 11. The van der Waals surface area contributed by atoms with Crippen LogP contribution in [0, 0.1) is 0 Å². The highest BCUT2D eigenvalue weighted by Crippen LogP contribution is 2.38. The van der Waals surface area contributed by atoms with Crippen LogP contribution in [0.4, 0.5) is 0 Å². The molecule has 0 radical (unpaired) electrons. The molecule has 1 saturated carbocycles. The largest absolute Gasteiger partial charge is 0.463 e. The van der Waals surface area contributed by atoms with E-state index < -0.39 is 128 Å². The van der Waals surface area contributed by atoms with Gasteiger partial charge in [-0.2, -0.15) is 0 Å². The normalized spacial score (nSPS) is 30.3. The lowest BCUT2D eigenvalue weighted by Gasteiger charge is -2.50. The van der Waals surface area contributed by atoms with Crippen LogP contribution in [0.25, 0.3) is 0 Å². The van der Waals surface area contributed by atoms with E-state index in [1.807, 2.05) is 0 Å². The summed E-state index contributed by atoms with van der Waals surface area (Å²) >= 11 is 0. The molecule has 0 bridgehead atoms. The summed E-state index contributed by atoms with van der Waals surface area (Å²) < 4.78 is 60.5. The lowest BCUT2D eigenvalue weighted by atomic mass is 9.83. The van der Waals surface area contributed by atoms with Crippen LogP contribution in [-0.2, 0) is 95.3 Å². The first-order valence-electron chi connectivity index (χ1n) is 15.0. The second-order valence-electron chi connectivity index (χ2n) is 11.0. The van der Waals surface area contributed by atoms with Gasteiger partial charge in [0.1, 0.15) is 18.8 Å². The average Bonchev–Trinajstić information content (AvgIpc) is 2.94. The molecule has 2 aliphatic rings. The first-order chi connectivity index (χ1) is 23.2. The number of hydrogen-bond donors (Lipinski definition) is 0. The molecule has 20 heteroatoms. The fraction of sp³-hybridized carbons (Fsp3) is 0.700. The summed E-state index contributed by atoms with van der Waals surface area (Å²) in [6, 6.07) is 0. The van der Waals surface area contributed by atoms with Crippen molar-refractivity contribution in [1.82, 2.24) is 0 Å². The van der Waals surface area contributed by atoms with Crippen molar-refractivity contribution in [3.63, 3.8) is 0 Å². The molecule has 0 spiro atoms. The third-order valence-corrected chi connectivity index (χ3v) is 6.69. The summed E-state index contributed by atoms with van der Waals surface area (Å²) in [5, 5.41) is 0. The van der Waals surface area contributed by atoms with Crippen molar-refractivity contribution in [3.05, 3.63) is 0 Å². The number of esters is 9. The van der Waals surface area contributed by atoms with E-state index in [4.69, 9.17) is 52.1 Å². The molecule has 0 N–H and O–H groups in total. The minimum absolute atomic E-state index is 0.649. The van der Waals surface area contributed by atoms with Gasteiger partial charge in [0.25, 0.3) is 0 Å². The van der Waals surface area contributed by atoms with Crippen LogP contribution in [0.5, 0.6) is 0 Å². The van der Waals surface area contributed by atoms with E-state index in [1.54, 1.807) is 0 Å². The minimum Gasteiger partial charge on any atom is -0.463 e. The second-order valence-corrected chi connectivity index (χ2v) is 11.0. The summed E-state index contributed by atoms with van der Waals surface area (Å²) in [4.78, 5) is 110. The summed E-state index contributed by atoms with van der Waals surface area (Å²) in [6.07, 6.45) is -19.6. The zero-order chi connectivity index (χ0) is 38.0. The maximum atomic E-state index is 12.5. The Hall–Kier alpha value is -4.85. The first-order valence-corrected chi connectivity index (χ1v) is 15.0. The maximum Gasteiger partial charge on any atom is 0.303 e. The predicted molar refractivity (Wildman–Crippen MR) is 155 cm³/mol. The van der Waals surface area contributed by atoms with Gasteiger partial charge in [-0.3, -0.25) is 43.2 Å². The zero-order valence-corrected chi connectivity index (χ0v) is 28.7. The van der Waals surface area contributed by atoms with Crippen LogP contribution in [0.1, 0.15) is 62.3 Å². The van der Waals surface area contributed by atoms with Crippen LogP contribution in [0.15, 0.2) is 0 Å². The van der Waals surface area contributed by atoms with Gasteiger partial charge in [-0.05, 0) is 0 Å².